The molecule has 2 aromatic heterocycles. The van der Waals surface area contributed by atoms with Gasteiger partial charge < -0.3 is 9.15 Å². The number of ether oxygens (including phenoxy) is 1. The third-order valence-electron chi connectivity index (χ3n) is 3.34. The highest BCUT2D eigenvalue weighted by molar-refractivity contribution is 5.94. The lowest BCUT2D eigenvalue weighted by atomic mass is 10.2. The summed E-state index contributed by atoms with van der Waals surface area (Å²) in [4.78, 5) is 27.9. The van der Waals surface area contributed by atoms with Crippen molar-refractivity contribution in [1.82, 2.24) is 10.4 Å². The van der Waals surface area contributed by atoms with Crippen molar-refractivity contribution < 1.29 is 18.7 Å². The number of esters is 1. The van der Waals surface area contributed by atoms with Crippen molar-refractivity contribution in [2.45, 2.75) is 6.92 Å². The summed E-state index contributed by atoms with van der Waals surface area (Å²) in [7, 11) is 0. The average molecular weight is 349 g/mol. The van der Waals surface area contributed by atoms with Crippen molar-refractivity contribution >= 4 is 18.1 Å². The van der Waals surface area contributed by atoms with Gasteiger partial charge in [0.1, 0.15) is 5.75 Å². The molecular weight excluding hydrogens is 334 g/mol. The summed E-state index contributed by atoms with van der Waals surface area (Å²) in [6.45, 7) is 1.84. The number of pyridine rings is 1. The fourth-order valence-electron chi connectivity index (χ4n) is 2.04. The fraction of sp³-hybridized carbons (Fsp3) is 0.0526. The van der Waals surface area contributed by atoms with Crippen LogP contribution >= 0.6 is 0 Å². The van der Waals surface area contributed by atoms with E-state index in [4.69, 9.17) is 9.15 Å². The number of aryl methyl sites for hydroxylation is 1. The molecule has 0 unspecified atom stereocenters. The van der Waals surface area contributed by atoms with Gasteiger partial charge >= 0.3 is 5.97 Å². The molecule has 0 aliphatic carbocycles. The van der Waals surface area contributed by atoms with Gasteiger partial charge in [-0.3, -0.25) is 9.78 Å². The zero-order valence-corrected chi connectivity index (χ0v) is 13.9. The lowest BCUT2D eigenvalue weighted by molar-refractivity contribution is 0.0701. The van der Waals surface area contributed by atoms with Crippen LogP contribution in [0.3, 0.4) is 0 Å². The summed E-state index contributed by atoms with van der Waals surface area (Å²) < 4.78 is 10.2. The maximum Gasteiger partial charge on any atom is 0.379 e. The molecule has 2 heterocycles. The summed E-state index contributed by atoms with van der Waals surface area (Å²) >= 11 is 0. The summed E-state index contributed by atoms with van der Waals surface area (Å²) in [6, 6.07) is 13.2. The molecular formula is C19H15N3O4. The molecule has 26 heavy (non-hydrogen) atoms. The number of aromatic nitrogens is 1. The molecule has 7 nitrogen and oxygen atoms in total. The Hall–Kier alpha value is -3.74. The van der Waals surface area contributed by atoms with E-state index >= 15 is 0 Å². The van der Waals surface area contributed by atoms with Crippen molar-refractivity contribution in [2.75, 3.05) is 0 Å². The normalized spacial score (nSPS) is 10.7. The lowest BCUT2D eigenvalue weighted by Crippen LogP contribution is -2.17. The zero-order valence-electron chi connectivity index (χ0n) is 13.9. The van der Waals surface area contributed by atoms with Gasteiger partial charge in [-0.1, -0.05) is 12.1 Å². The summed E-state index contributed by atoms with van der Waals surface area (Å²) in [5.74, 6) is -0.508. The van der Waals surface area contributed by atoms with Crippen LogP contribution < -0.4 is 10.2 Å². The van der Waals surface area contributed by atoms with E-state index in [0.717, 1.165) is 5.69 Å². The Labute approximate surface area is 149 Å². The molecule has 0 saturated heterocycles. The Morgan fingerprint density at radius 3 is 2.81 bits per heavy atom. The Kier molecular flexibility index (Phi) is 5.19. The molecule has 1 amide bonds. The first-order chi connectivity index (χ1) is 12.6. The number of rotatable bonds is 5. The van der Waals surface area contributed by atoms with E-state index in [0.29, 0.717) is 16.9 Å². The van der Waals surface area contributed by atoms with Crippen LogP contribution in [0.2, 0.25) is 0 Å². The van der Waals surface area contributed by atoms with Crippen molar-refractivity contribution in [3.05, 3.63) is 83.6 Å². The van der Waals surface area contributed by atoms with Gasteiger partial charge in [-0.15, -0.1) is 0 Å². The van der Waals surface area contributed by atoms with E-state index in [1.807, 2.05) is 6.92 Å². The highest BCUT2D eigenvalue weighted by Crippen LogP contribution is 2.14. The SMILES string of the molecule is Cc1ccc(C(=O)N/N=C\c2cccc(OC(=O)c3ccco3)c2)cn1. The Balaban J connectivity index is 1.61. The number of hydrogen-bond donors (Lipinski definition) is 1. The summed E-state index contributed by atoms with van der Waals surface area (Å²) in [5.41, 5.74) is 4.30. The number of benzene rings is 1. The lowest BCUT2D eigenvalue weighted by Gasteiger charge is -2.03. The van der Waals surface area contributed by atoms with Crippen molar-refractivity contribution in [3.8, 4) is 5.75 Å². The van der Waals surface area contributed by atoms with E-state index in [1.165, 1.54) is 24.7 Å². The Morgan fingerprint density at radius 1 is 1.19 bits per heavy atom. The summed E-state index contributed by atoms with van der Waals surface area (Å²) in [5, 5.41) is 3.90. The van der Waals surface area contributed by atoms with E-state index < -0.39 is 5.97 Å². The molecule has 0 atom stereocenters. The molecule has 0 spiro atoms. The average Bonchev–Trinajstić information content (AvgIpc) is 3.17. The largest absolute Gasteiger partial charge is 0.457 e. The van der Waals surface area contributed by atoms with Gasteiger partial charge in [0.05, 0.1) is 18.0 Å². The van der Waals surface area contributed by atoms with Crippen molar-refractivity contribution in [1.29, 1.82) is 0 Å². The van der Waals surface area contributed by atoms with E-state index in [1.54, 1.807) is 42.5 Å². The van der Waals surface area contributed by atoms with E-state index in [2.05, 4.69) is 15.5 Å². The molecule has 0 aliphatic heterocycles. The number of amides is 1. The molecule has 0 radical (unpaired) electrons. The smallest absolute Gasteiger partial charge is 0.379 e. The fourth-order valence-corrected chi connectivity index (χ4v) is 2.04. The Morgan fingerprint density at radius 2 is 2.08 bits per heavy atom. The van der Waals surface area contributed by atoms with Crippen LogP contribution in [-0.4, -0.2) is 23.1 Å². The van der Waals surface area contributed by atoms with Crippen LogP contribution in [-0.2, 0) is 0 Å². The minimum absolute atomic E-state index is 0.114. The second-order valence-electron chi connectivity index (χ2n) is 5.33. The van der Waals surface area contributed by atoms with Crippen LogP contribution in [0.1, 0.15) is 32.2 Å². The monoisotopic (exact) mass is 349 g/mol. The minimum atomic E-state index is -0.593. The first-order valence-corrected chi connectivity index (χ1v) is 7.73. The quantitative estimate of drug-likeness (QED) is 0.331. The number of nitrogens with zero attached hydrogens (tertiary/aromatic N) is 2. The van der Waals surface area contributed by atoms with Gasteiger partial charge in [0.25, 0.3) is 5.91 Å². The van der Waals surface area contributed by atoms with Gasteiger partial charge in [-0.2, -0.15) is 5.10 Å². The predicted octanol–water partition coefficient (Wildman–Crippen LogP) is 2.97. The molecule has 1 N–H and O–H groups in total. The topological polar surface area (TPSA) is 93.8 Å². The minimum Gasteiger partial charge on any atom is -0.457 e. The second kappa shape index (κ2) is 7.89. The first kappa shape index (κ1) is 17.1. The van der Waals surface area contributed by atoms with Crippen molar-refractivity contribution in [2.24, 2.45) is 5.10 Å². The van der Waals surface area contributed by atoms with Gasteiger partial charge in [-0.05, 0) is 48.9 Å². The maximum atomic E-state index is 11.9. The number of carbonyl (C=O) groups excluding carboxylic acids is 2. The number of hydrazone groups is 1. The van der Waals surface area contributed by atoms with Gasteiger partial charge in [0, 0.05) is 11.9 Å². The molecule has 130 valence electrons. The van der Waals surface area contributed by atoms with Gasteiger partial charge in [0.15, 0.2) is 0 Å². The molecule has 0 fully saturated rings. The molecule has 0 aliphatic rings. The number of hydrogen-bond acceptors (Lipinski definition) is 6. The molecule has 0 bridgehead atoms. The molecule has 0 saturated carbocycles. The Bertz CT molecular complexity index is 932. The van der Waals surface area contributed by atoms with E-state index in [9.17, 15) is 9.59 Å². The van der Waals surface area contributed by atoms with Crippen LogP contribution in [0.25, 0.3) is 0 Å². The van der Waals surface area contributed by atoms with Gasteiger partial charge in [0.2, 0.25) is 5.76 Å². The van der Waals surface area contributed by atoms with Crippen molar-refractivity contribution in [3.63, 3.8) is 0 Å². The standard InChI is InChI=1S/C19H15N3O4/c1-13-7-8-15(12-20-13)18(23)22-21-11-14-4-2-5-16(10-14)26-19(24)17-6-3-9-25-17/h2-12H,1H3,(H,22,23)/b21-11-. The number of nitrogens with one attached hydrogen (secondary N) is 1. The zero-order chi connectivity index (χ0) is 18.4. The van der Waals surface area contributed by atoms with Crippen LogP contribution in [0.4, 0.5) is 0 Å². The number of furan rings is 1. The highest BCUT2D eigenvalue weighted by atomic mass is 16.5. The predicted molar refractivity (Wildman–Crippen MR) is 94.1 cm³/mol. The van der Waals surface area contributed by atoms with Crippen LogP contribution in [0.15, 0.2) is 70.5 Å². The first-order valence-electron chi connectivity index (χ1n) is 7.73. The highest BCUT2D eigenvalue weighted by Gasteiger charge is 2.11. The van der Waals surface area contributed by atoms with Gasteiger partial charge in [-0.25, -0.2) is 10.2 Å². The third-order valence-corrected chi connectivity index (χ3v) is 3.34. The third kappa shape index (κ3) is 4.41. The molecule has 3 rings (SSSR count). The van der Waals surface area contributed by atoms with E-state index in [-0.39, 0.29) is 11.7 Å². The second-order valence-corrected chi connectivity index (χ2v) is 5.33. The summed E-state index contributed by atoms with van der Waals surface area (Å²) in [6.07, 6.45) is 4.32. The maximum absolute atomic E-state index is 11.9. The van der Waals surface area contributed by atoms with Crippen LogP contribution in [0, 0.1) is 6.92 Å². The number of carbonyl (C=O) groups is 2. The van der Waals surface area contributed by atoms with Crippen LogP contribution in [0.5, 0.6) is 5.75 Å². The molecule has 3 aromatic rings. The molecule has 7 heteroatoms. The molecule has 1 aromatic carbocycles.